The van der Waals surface area contributed by atoms with Crippen molar-refractivity contribution in [2.24, 2.45) is 0 Å². The van der Waals surface area contributed by atoms with Crippen LogP contribution in [0.3, 0.4) is 0 Å². The molecule has 0 aliphatic rings. The number of fused-ring (bicyclic) bond motifs is 1. The fraction of sp³-hybridized carbons (Fsp3) is 0.143. The minimum Gasteiger partial charge on any atom is -0.246 e. The zero-order valence-electron chi connectivity index (χ0n) is 5.92. The zero-order valence-corrected chi connectivity index (χ0v) is 7.49. The molecule has 12 heavy (non-hydrogen) atoms. The lowest BCUT2D eigenvalue weighted by atomic mass is 10.3. The van der Waals surface area contributed by atoms with Gasteiger partial charge in [0.15, 0.2) is 10.1 Å². The summed E-state index contributed by atoms with van der Waals surface area (Å²) in [6.45, 7) is -0.502. The van der Waals surface area contributed by atoms with E-state index in [0.29, 0.717) is 15.7 Å². The average Bonchev–Trinajstić information content (AvgIpc) is 2.43. The summed E-state index contributed by atoms with van der Waals surface area (Å²) in [4.78, 5) is 7.89. The van der Waals surface area contributed by atoms with Crippen LogP contribution in [0, 0.1) is 0 Å². The van der Waals surface area contributed by atoms with E-state index in [9.17, 15) is 4.39 Å². The van der Waals surface area contributed by atoms with Gasteiger partial charge in [0.05, 0.1) is 4.70 Å². The Morgan fingerprint density at radius 1 is 1.58 bits per heavy atom. The van der Waals surface area contributed by atoms with Gasteiger partial charge in [0.25, 0.3) is 0 Å². The van der Waals surface area contributed by atoms with Crippen LogP contribution >= 0.6 is 22.9 Å². The Bertz CT molecular complexity index is 415. The minimum absolute atomic E-state index is 0.438. The summed E-state index contributed by atoms with van der Waals surface area (Å²) in [5, 5.41) is 0. The molecule has 0 aliphatic carbocycles. The van der Waals surface area contributed by atoms with Gasteiger partial charge < -0.3 is 0 Å². The van der Waals surface area contributed by atoms with Gasteiger partial charge in [-0.1, -0.05) is 11.6 Å². The van der Waals surface area contributed by atoms with Crippen LogP contribution in [0.15, 0.2) is 12.3 Å². The minimum atomic E-state index is -0.502. The zero-order chi connectivity index (χ0) is 8.55. The van der Waals surface area contributed by atoms with E-state index < -0.39 is 6.67 Å². The molecule has 0 atom stereocenters. The number of pyridine rings is 1. The lowest BCUT2D eigenvalue weighted by Crippen LogP contribution is -1.81. The fourth-order valence-electron chi connectivity index (χ4n) is 0.907. The predicted octanol–water partition coefficient (Wildman–Crippen LogP) is 2.81. The Morgan fingerprint density at radius 2 is 2.42 bits per heavy atom. The van der Waals surface area contributed by atoms with Gasteiger partial charge in [0, 0.05) is 11.8 Å². The molecule has 0 saturated heterocycles. The Kier molecular flexibility index (Phi) is 1.94. The first-order valence-electron chi connectivity index (χ1n) is 3.26. The maximum absolute atomic E-state index is 12.2. The number of hydrogen-bond donors (Lipinski definition) is 0. The molecule has 0 aliphatic heterocycles. The van der Waals surface area contributed by atoms with Crippen molar-refractivity contribution < 1.29 is 4.39 Å². The Morgan fingerprint density at radius 3 is 3.17 bits per heavy atom. The van der Waals surface area contributed by atoms with Crippen LogP contribution in [0.5, 0.6) is 0 Å². The lowest BCUT2D eigenvalue weighted by Gasteiger charge is -1.90. The van der Waals surface area contributed by atoms with E-state index in [0.717, 1.165) is 4.70 Å². The number of alkyl halides is 1. The highest BCUT2D eigenvalue weighted by atomic mass is 35.5. The molecular formula is C7H4ClFN2S. The van der Waals surface area contributed by atoms with E-state index >= 15 is 0 Å². The van der Waals surface area contributed by atoms with Crippen LogP contribution in [0.4, 0.5) is 4.39 Å². The number of rotatable bonds is 1. The van der Waals surface area contributed by atoms with Crippen molar-refractivity contribution in [1.29, 1.82) is 0 Å². The normalized spacial score (nSPS) is 10.8. The maximum atomic E-state index is 12.2. The quantitative estimate of drug-likeness (QED) is 0.711. The fourth-order valence-corrected chi connectivity index (χ4v) is 1.95. The van der Waals surface area contributed by atoms with E-state index in [2.05, 4.69) is 9.97 Å². The van der Waals surface area contributed by atoms with Crippen molar-refractivity contribution >= 4 is 33.3 Å². The van der Waals surface area contributed by atoms with Gasteiger partial charge in [-0.05, 0) is 6.07 Å². The summed E-state index contributed by atoms with van der Waals surface area (Å²) in [7, 11) is 0. The number of halogens is 2. The average molecular weight is 203 g/mol. The second-order valence-corrected chi connectivity index (χ2v) is 3.88. The largest absolute Gasteiger partial charge is 0.246 e. The molecule has 0 amide bonds. The van der Waals surface area contributed by atoms with Gasteiger partial charge in [0.1, 0.15) is 6.67 Å². The van der Waals surface area contributed by atoms with Crippen molar-refractivity contribution in [3.05, 3.63) is 22.3 Å². The Balaban J connectivity index is 2.66. The summed E-state index contributed by atoms with van der Waals surface area (Å²) >= 11 is 6.96. The van der Waals surface area contributed by atoms with Gasteiger partial charge in [-0.2, -0.15) is 0 Å². The molecule has 2 aromatic rings. The second kappa shape index (κ2) is 2.95. The van der Waals surface area contributed by atoms with Crippen molar-refractivity contribution in [2.45, 2.75) is 6.67 Å². The molecule has 0 N–H and O–H groups in total. The van der Waals surface area contributed by atoms with Crippen molar-refractivity contribution in [1.82, 2.24) is 9.97 Å². The third-order valence-corrected chi connectivity index (χ3v) is 2.53. The molecule has 0 radical (unpaired) electrons. The van der Waals surface area contributed by atoms with Crippen LogP contribution in [-0.2, 0) is 6.67 Å². The molecule has 0 unspecified atom stereocenters. The molecular weight excluding hydrogens is 199 g/mol. The maximum Gasteiger partial charge on any atom is 0.186 e. The first-order chi connectivity index (χ1) is 5.79. The summed E-state index contributed by atoms with van der Waals surface area (Å²) in [6.07, 6.45) is 1.47. The van der Waals surface area contributed by atoms with Crippen LogP contribution < -0.4 is 0 Å². The van der Waals surface area contributed by atoms with E-state index in [1.807, 2.05) is 0 Å². The molecule has 0 aromatic carbocycles. The van der Waals surface area contributed by atoms with E-state index in [1.54, 1.807) is 6.07 Å². The summed E-state index contributed by atoms with van der Waals surface area (Å²) < 4.78 is 13.4. The number of thiazole rings is 1. The molecule has 62 valence electrons. The molecule has 2 aromatic heterocycles. The summed E-state index contributed by atoms with van der Waals surface area (Å²) in [5.41, 5.74) is 1.14. The number of aromatic nitrogens is 2. The number of nitrogens with zero attached hydrogens (tertiary/aromatic N) is 2. The van der Waals surface area contributed by atoms with Crippen LogP contribution in [-0.4, -0.2) is 9.97 Å². The van der Waals surface area contributed by atoms with Gasteiger partial charge in [0.2, 0.25) is 0 Å². The molecule has 0 saturated carbocycles. The first kappa shape index (κ1) is 7.89. The molecule has 0 fully saturated rings. The van der Waals surface area contributed by atoms with Gasteiger partial charge >= 0.3 is 0 Å². The van der Waals surface area contributed by atoms with Gasteiger partial charge in [-0.25, -0.2) is 14.4 Å². The standard InChI is InChI=1S/C7H4ClFN2S/c8-7-11-6-5(12-7)1-4(2-9)3-10-6/h1,3H,2H2. The smallest absolute Gasteiger partial charge is 0.186 e. The van der Waals surface area contributed by atoms with E-state index in [4.69, 9.17) is 11.6 Å². The van der Waals surface area contributed by atoms with E-state index in [-0.39, 0.29) is 0 Å². The molecule has 2 heterocycles. The first-order valence-corrected chi connectivity index (χ1v) is 4.46. The van der Waals surface area contributed by atoms with Crippen molar-refractivity contribution in [3.63, 3.8) is 0 Å². The van der Waals surface area contributed by atoms with Gasteiger partial charge in [-0.3, -0.25) is 0 Å². The monoisotopic (exact) mass is 202 g/mol. The highest BCUT2D eigenvalue weighted by molar-refractivity contribution is 7.22. The third-order valence-electron chi connectivity index (χ3n) is 1.43. The number of hydrogen-bond acceptors (Lipinski definition) is 3. The molecule has 2 rings (SSSR count). The molecule has 2 nitrogen and oxygen atoms in total. The molecule has 0 bridgehead atoms. The predicted molar refractivity (Wildman–Crippen MR) is 47.2 cm³/mol. The van der Waals surface area contributed by atoms with Crippen LogP contribution in [0.2, 0.25) is 4.47 Å². The van der Waals surface area contributed by atoms with E-state index in [1.165, 1.54) is 17.5 Å². The topological polar surface area (TPSA) is 25.8 Å². The van der Waals surface area contributed by atoms with Crippen molar-refractivity contribution in [3.8, 4) is 0 Å². The SMILES string of the molecule is FCc1cnc2nc(Cl)sc2c1. The Labute approximate surface area is 77.0 Å². The van der Waals surface area contributed by atoms with Crippen molar-refractivity contribution in [2.75, 3.05) is 0 Å². The second-order valence-electron chi connectivity index (χ2n) is 2.27. The summed E-state index contributed by atoms with van der Waals surface area (Å²) in [6, 6.07) is 1.71. The molecule has 5 heteroatoms. The lowest BCUT2D eigenvalue weighted by molar-refractivity contribution is 0.485. The third kappa shape index (κ3) is 1.28. The highest BCUT2D eigenvalue weighted by Gasteiger charge is 2.03. The van der Waals surface area contributed by atoms with Crippen LogP contribution in [0.25, 0.3) is 10.3 Å². The summed E-state index contributed by atoms with van der Waals surface area (Å²) in [5.74, 6) is 0. The Hall–Kier alpha value is -0.740. The highest BCUT2D eigenvalue weighted by Crippen LogP contribution is 2.24. The van der Waals surface area contributed by atoms with Gasteiger partial charge in [-0.15, -0.1) is 11.3 Å². The van der Waals surface area contributed by atoms with Crippen LogP contribution in [0.1, 0.15) is 5.56 Å². The molecule has 0 spiro atoms.